The topological polar surface area (TPSA) is 33.1 Å². The molecule has 3 unspecified atom stereocenters. The summed E-state index contributed by atoms with van der Waals surface area (Å²) in [6.45, 7) is 0. The fraction of sp³-hybridized carbons (Fsp3) is 0.615. The third-order valence-electron chi connectivity index (χ3n) is 3.97. The van der Waals surface area contributed by atoms with Gasteiger partial charge in [0, 0.05) is 18.3 Å². The molecule has 2 aliphatic rings. The summed E-state index contributed by atoms with van der Waals surface area (Å²) in [6, 6.07) is 5.90. The highest BCUT2D eigenvalue weighted by molar-refractivity contribution is 5.06. The molecular formula is C13H17NO. The molecular weight excluding hydrogens is 186 g/mol. The van der Waals surface area contributed by atoms with Crippen molar-refractivity contribution < 1.29 is 5.11 Å². The molecule has 1 aromatic heterocycles. The summed E-state index contributed by atoms with van der Waals surface area (Å²) < 4.78 is 0. The first-order valence-electron chi connectivity index (χ1n) is 5.91. The third-order valence-corrected chi connectivity index (χ3v) is 3.97. The van der Waals surface area contributed by atoms with Crippen LogP contribution in [-0.4, -0.2) is 16.2 Å². The lowest BCUT2D eigenvalue weighted by molar-refractivity contribution is 0.103. The minimum atomic E-state index is -0.173. The number of rotatable bonds is 3. The van der Waals surface area contributed by atoms with Gasteiger partial charge < -0.3 is 5.11 Å². The normalized spacial score (nSPS) is 34.9. The smallest absolute Gasteiger partial charge is 0.0623 e. The fourth-order valence-electron chi connectivity index (χ4n) is 2.98. The number of pyridine rings is 1. The maximum atomic E-state index is 10.1. The molecule has 2 heteroatoms. The molecule has 1 heterocycles. The first kappa shape index (κ1) is 9.34. The minimum Gasteiger partial charge on any atom is -0.392 e. The van der Waals surface area contributed by atoms with Crippen LogP contribution in [0.2, 0.25) is 0 Å². The quantitative estimate of drug-likeness (QED) is 0.815. The summed E-state index contributed by atoms with van der Waals surface area (Å²) in [5.41, 5.74) is 1.02. The van der Waals surface area contributed by atoms with Gasteiger partial charge in [-0.25, -0.2) is 0 Å². The second-order valence-electron chi connectivity index (χ2n) is 5.08. The number of fused-ring (bicyclic) bond motifs is 1. The molecule has 0 radical (unpaired) electrons. The van der Waals surface area contributed by atoms with Crippen molar-refractivity contribution in [2.24, 2.45) is 17.8 Å². The Bertz CT molecular complexity index is 328. The fourth-order valence-corrected chi connectivity index (χ4v) is 2.98. The van der Waals surface area contributed by atoms with E-state index in [9.17, 15) is 5.11 Å². The molecule has 0 spiro atoms. The van der Waals surface area contributed by atoms with Gasteiger partial charge in [0.25, 0.3) is 0 Å². The maximum Gasteiger partial charge on any atom is 0.0623 e. The molecule has 0 bridgehead atoms. The Morgan fingerprint density at radius 2 is 2.07 bits per heavy atom. The first-order valence-corrected chi connectivity index (χ1v) is 5.91. The van der Waals surface area contributed by atoms with Gasteiger partial charge >= 0.3 is 0 Å². The number of aromatic nitrogens is 1. The molecule has 15 heavy (non-hydrogen) atoms. The Morgan fingerprint density at radius 1 is 1.27 bits per heavy atom. The lowest BCUT2D eigenvalue weighted by atomic mass is 9.93. The van der Waals surface area contributed by atoms with E-state index < -0.39 is 0 Å². The minimum absolute atomic E-state index is 0.173. The van der Waals surface area contributed by atoms with Crippen LogP contribution in [0.15, 0.2) is 24.4 Å². The average molecular weight is 203 g/mol. The van der Waals surface area contributed by atoms with Crippen LogP contribution in [0.4, 0.5) is 0 Å². The van der Waals surface area contributed by atoms with Crippen molar-refractivity contribution in [1.82, 2.24) is 4.98 Å². The number of hydrogen-bond acceptors (Lipinski definition) is 2. The van der Waals surface area contributed by atoms with Gasteiger partial charge in [-0.1, -0.05) is 6.07 Å². The highest BCUT2D eigenvalue weighted by atomic mass is 16.3. The highest BCUT2D eigenvalue weighted by Gasteiger charge is 2.47. The monoisotopic (exact) mass is 203 g/mol. The van der Waals surface area contributed by atoms with Gasteiger partial charge in [0.2, 0.25) is 0 Å². The van der Waals surface area contributed by atoms with Crippen LogP contribution in [0.3, 0.4) is 0 Å². The highest BCUT2D eigenvalue weighted by Crippen LogP contribution is 2.55. The second kappa shape index (κ2) is 3.60. The molecule has 2 saturated carbocycles. The number of aliphatic hydroxyl groups excluding tert-OH is 1. The van der Waals surface area contributed by atoms with Crippen molar-refractivity contribution in [1.29, 1.82) is 0 Å². The zero-order valence-corrected chi connectivity index (χ0v) is 8.84. The zero-order chi connectivity index (χ0) is 10.3. The van der Waals surface area contributed by atoms with Gasteiger partial charge in [-0.15, -0.1) is 0 Å². The van der Waals surface area contributed by atoms with Crippen LogP contribution >= 0.6 is 0 Å². The predicted octanol–water partition coefficient (Wildman–Crippen LogP) is 2.03. The van der Waals surface area contributed by atoms with Gasteiger partial charge in [0.05, 0.1) is 6.10 Å². The Morgan fingerprint density at radius 3 is 2.73 bits per heavy atom. The number of aliphatic hydroxyl groups is 1. The van der Waals surface area contributed by atoms with Crippen molar-refractivity contribution >= 4 is 0 Å². The van der Waals surface area contributed by atoms with E-state index in [-0.39, 0.29) is 6.10 Å². The van der Waals surface area contributed by atoms with E-state index in [1.165, 1.54) is 19.3 Å². The van der Waals surface area contributed by atoms with Crippen LogP contribution in [0, 0.1) is 17.8 Å². The summed E-state index contributed by atoms with van der Waals surface area (Å²) in [6.07, 6.45) is 6.27. The van der Waals surface area contributed by atoms with Gasteiger partial charge in [0.1, 0.15) is 0 Å². The van der Waals surface area contributed by atoms with Crippen LogP contribution < -0.4 is 0 Å². The molecule has 3 rings (SSSR count). The Balaban J connectivity index is 1.59. The van der Waals surface area contributed by atoms with Crippen molar-refractivity contribution in [3.63, 3.8) is 0 Å². The Hall–Kier alpha value is -0.890. The van der Waals surface area contributed by atoms with Gasteiger partial charge in [-0.2, -0.15) is 0 Å². The van der Waals surface area contributed by atoms with Gasteiger partial charge in [-0.05, 0) is 49.1 Å². The van der Waals surface area contributed by atoms with Crippen molar-refractivity contribution in [3.05, 3.63) is 30.1 Å². The lowest BCUT2D eigenvalue weighted by Crippen LogP contribution is -2.22. The largest absolute Gasteiger partial charge is 0.392 e. The SMILES string of the molecule is OC(Cc1ccccn1)C1CC2CC2C1. The third kappa shape index (κ3) is 1.91. The molecule has 1 N–H and O–H groups in total. The molecule has 2 nitrogen and oxygen atoms in total. The molecule has 2 fully saturated rings. The lowest BCUT2D eigenvalue weighted by Gasteiger charge is -2.18. The molecule has 80 valence electrons. The van der Waals surface area contributed by atoms with Gasteiger partial charge in [0.15, 0.2) is 0 Å². The molecule has 2 aliphatic carbocycles. The zero-order valence-electron chi connectivity index (χ0n) is 8.84. The van der Waals surface area contributed by atoms with E-state index in [1.807, 2.05) is 18.2 Å². The van der Waals surface area contributed by atoms with E-state index in [4.69, 9.17) is 0 Å². The molecule has 0 aliphatic heterocycles. The van der Waals surface area contributed by atoms with E-state index >= 15 is 0 Å². The molecule has 0 amide bonds. The van der Waals surface area contributed by atoms with Crippen LogP contribution in [-0.2, 0) is 6.42 Å². The molecule has 0 aromatic carbocycles. The molecule has 0 saturated heterocycles. The maximum absolute atomic E-state index is 10.1. The van der Waals surface area contributed by atoms with E-state index in [2.05, 4.69) is 4.98 Å². The van der Waals surface area contributed by atoms with Crippen molar-refractivity contribution in [2.45, 2.75) is 31.8 Å². The van der Waals surface area contributed by atoms with Crippen LogP contribution in [0.1, 0.15) is 25.0 Å². The summed E-state index contributed by atoms with van der Waals surface area (Å²) in [4.78, 5) is 4.26. The van der Waals surface area contributed by atoms with Crippen molar-refractivity contribution in [3.8, 4) is 0 Å². The first-order chi connectivity index (χ1) is 7.33. The molecule has 1 aromatic rings. The number of hydrogen-bond donors (Lipinski definition) is 1. The standard InChI is InChI=1S/C13H17NO/c15-13(8-12-3-1-2-4-14-12)11-6-9-5-10(9)7-11/h1-4,9-11,13,15H,5-8H2. The Labute approximate surface area is 90.4 Å². The summed E-state index contributed by atoms with van der Waals surface area (Å²) in [5, 5.41) is 10.1. The van der Waals surface area contributed by atoms with E-state index in [1.54, 1.807) is 6.20 Å². The number of nitrogens with zero attached hydrogens (tertiary/aromatic N) is 1. The van der Waals surface area contributed by atoms with E-state index in [0.717, 1.165) is 24.0 Å². The predicted molar refractivity (Wildman–Crippen MR) is 58.3 cm³/mol. The summed E-state index contributed by atoms with van der Waals surface area (Å²) in [7, 11) is 0. The van der Waals surface area contributed by atoms with Gasteiger partial charge in [-0.3, -0.25) is 4.98 Å². The average Bonchev–Trinajstić information content (AvgIpc) is 2.87. The van der Waals surface area contributed by atoms with Crippen LogP contribution in [0.5, 0.6) is 0 Å². The molecule has 3 atom stereocenters. The van der Waals surface area contributed by atoms with Crippen molar-refractivity contribution in [2.75, 3.05) is 0 Å². The van der Waals surface area contributed by atoms with Crippen LogP contribution in [0.25, 0.3) is 0 Å². The van der Waals surface area contributed by atoms with E-state index in [0.29, 0.717) is 5.92 Å². The Kier molecular flexibility index (Phi) is 2.24. The summed E-state index contributed by atoms with van der Waals surface area (Å²) in [5.74, 6) is 2.44. The second-order valence-corrected chi connectivity index (χ2v) is 5.08. The summed E-state index contributed by atoms with van der Waals surface area (Å²) >= 11 is 0.